The maximum Gasteiger partial charge on any atom is 0.251 e. The summed E-state index contributed by atoms with van der Waals surface area (Å²) in [5.74, 6) is -0.342. The number of piperazine rings is 1. The second-order valence-corrected chi connectivity index (χ2v) is 6.79. The number of hydrogen-bond acceptors (Lipinski definition) is 3. The van der Waals surface area contributed by atoms with E-state index in [1.54, 1.807) is 36.7 Å². The van der Waals surface area contributed by atoms with Crippen LogP contribution in [0.25, 0.3) is 0 Å². The van der Waals surface area contributed by atoms with Crippen LogP contribution in [-0.4, -0.2) is 54.4 Å². The summed E-state index contributed by atoms with van der Waals surface area (Å²) < 4.78 is 0. The zero-order valence-corrected chi connectivity index (χ0v) is 15.2. The lowest BCUT2D eigenvalue weighted by Gasteiger charge is -2.32. The second-order valence-electron chi connectivity index (χ2n) is 6.36. The Kier molecular flexibility index (Phi) is 6.20. The predicted molar refractivity (Wildman–Crippen MR) is 99.0 cm³/mol. The molecule has 7 heteroatoms. The van der Waals surface area contributed by atoms with Gasteiger partial charge in [0.15, 0.2) is 0 Å². The highest BCUT2D eigenvalue weighted by molar-refractivity contribution is 6.30. The van der Waals surface area contributed by atoms with E-state index in [2.05, 4.69) is 10.3 Å². The zero-order chi connectivity index (χ0) is 18.4. The Morgan fingerprint density at radius 1 is 1.15 bits per heavy atom. The van der Waals surface area contributed by atoms with Crippen LogP contribution in [0, 0.1) is 0 Å². The van der Waals surface area contributed by atoms with E-state index in [4.69, 9.17) is 11.6 Å². The normalized spacial score (nSPS) is 14.9. The van der Waals surface area contributed by atoms with E-state index in [0.29, 0.717) is 23.7 Å². The number of carbonyl (C=O) groups excluding carboxylic acids is 2. The topological polar surface area (TPSA) is 66.7 Å². The first-order valence-corrected chi connectivity index (χ1v) is 9.03. The lowest BCUT2D eigenvalue weighted by Crippen LogP contribution is -3.13. The molecule has 0 saturated carbocycles. The number of halogens is 1. The van der Waals surface area contributed by atoms with E-state index in [9.17, 15) is 9.59 Å². The number of rotatable bonds is 5. The van der Waals surface area contributed by atoms with Gasteiger partial charge in [0.1, 0.15) is 6.54 Å². The molecule has 1 aromatic heterocycles. The second kappa shape index (κ2) is 8.78. The highest BCUT2D eigenvalue weighted by Crippen LogP contribution is 2.10. The molecule has 26 heavy (non-hydrogen) atoms. The molecular weight excluding hydrogens is 352 g/mol. The minimum atomic E-state index is -0.289. The lowest BCUT2D eigenvalue weighted by atomic mass is 10.2. The highest BCUT2D eigenvalue weighted by Gasteiger charge is 2.24. The number of benzene rings is 1. The molecule has 1 aromatic carbocycles. The predicted octanol–water partition coefficient (Wildman–Crippen LogP) is 0.392. The first kappa shape index (κ1) is 18.4. The van der Waals surface area contributed by atoms with Crippen LogP contribution in [0.2, 0.25) is 5.02 Å². The number of quaternary nitrogens is 1. The van der Waals surface area contributed by atoms with Crippen LogP contribution >= 0.6 is 11.6 Å². The Morgan fingerprint density at radius 2 is 1.88 bits per heavy atom. The molecule has 3 rings (SSSR count). The lowest BCUT2D eigenvalue weighted by molar-refractivity contribution is -0.917. The summed E-state index contributed by atoms with van der Waals surface area (Å²) >= 11 is 5.88. The molecule has 2 aromatic rings. The van der Waals surface area contributed by atoms with E-state index >= 15 is 0 Å². The Balaban J connectivity index is 1.43. The third-order valence-corrected chi connectivity index (χ3v) is 4.75. The molecule has 0 unspecified atom stereocenters. The van der Waals surface area contributed by atoms with Crippen LogP contribution in [0.1, 0.15) is 15.9 Å². The maximum atomic E-state index is 12.3. The summed E-state index contributed by atoms with van der Waals surface area (Å²) in [5, 5.41) is 3.17. The Hall–Kier alpha value is -2.44. The largest absolute Gasteiger partial charge is 0.343 e. The van der Waals surface area contributed by atoms with Gasteiger partial charge in [0, 0.05) is 28.5 Å². The summed E-state index contributed by atoms with van der Waals surface area (Å²) in [6.07, 6.45) is 3.61. The highest BCUT2D eigenvalue weighted by atomic mass is 35.5. The van der Waals surface area contributed by atoms with Gasteiger partial charge in [-0.15, -0.1) is 0 Å². The first-order chi connectivity index (χ1) is 12.6. The van der Waals surface area contributed by atoms with Crippen LogP contribution in [0.15, 0.2) is 48.8 Å². The summed E-state index contributed by atoms with van der Waals surface area (Å²) in [6, 6.07) is 10.7. The average molecular weight is 374 g/mol. The van der Waals surface area contributed by atoms with Crippen molar-refractivity contribution >= 4 is 23.4 Å². The quantitative estimate of drug-likeness (QED) is 0.797. The Morgan fingerprint density at radius 3 is 2.58 bits per heavy atom. The van der Waals surface area contributed by atoms with Crippen LogP contribution in [0.4, 0.5) is 0 Å². The molecule has 1 aliphatic heterocycles. The minimum Gasteiger partial charge on any atom is -0.343 e. The van der Waals surface area contributed by atoms with Crippen LogP contribution < -0.4 is 10.2 Å². The summed E-state index contributed by atoms with van der Waals surface area (Å²) in [5.41, 5.74) is 1.71. The van der Waals surface area contributed by atoms with Gasteiger partial charge in [-0.1, -0.05) is 17.7 Å². The summed E-state index contributed by atoms with van der Waals surface area (Å²) in [4.78, 5) is 31.7. The number of nitrogens with zero attached hydrogens (tertiary/aromatic N) is 2. The van der Waals surface area contributed by atoms with E-state index in [-0.39, 0.29) is 18.4 Å². The van der Waals surface area contributed by atoms with E-state index < -0.39 is 0 Å². The molecule has 2 heterocycles. The van der Waals surface area contributed by atoms with Gasteiger partial charge in [-0.2, -0.15) is 0 Å². The van der Waals surface area contributed by atoms with Crippen LogP contribution in [-0.2, 0) is 11.3 Å². The molecule has 0 aliphatic carbocycles. The molecule has 2 amide bonds. The van der Waals surface area contributed by atoms with Crippen molar-refractivity contribution in [1.29, 1.82) is 0 Å². The summed E-state index contributed by atoms with van der Waals surface area (Å²) in [7, 11) is 0. The number of nitrogens with one attached hydrogen (secondary N) is 2. The van der Waals surface area contributed by atoms with Gasteiger partial charge in [-0.05, 0) is 30.3 Å². The first-order valence-electron chi connectivity index (χ1n) is 8.66. The fraction of sp³-hybridized carbons (Fsp3) is 0.316. The number of carbonyl (C=O) groups is 2. The minimum absolute atomic E-state index is 0.00499. The van der Waals surface area contributed by atoms with E-state index in [1.807, 2.05) is 17.0 Å². The number of aromatic nitrogens is 1. The molecule has 1 aliphatic rings. The smallest absolute Gasteiger partial charge is 0.251 e. The fourth-order valence-electron chi connectivity index (χ4n) is 3.04. The third-order valence-electron chi connectivity index (χ3n) is 4.51. The van der Waals surface area contributed by atoms with Crippen molar-refractivity contribution in [2.75, 3.05) is 32.7 Å². The number of amides is 2. The van der Waals surface area contributed by atoms with Gasteiger partial charge in [-0.25, -0.2) is 0 Å². The maximum absolute atomic E-state index is 12.3. The van der Waals surface area contributed by atoms with E-state index in [1.165, 1.54) is 10.5 Å². The van der Waals surface area contributed by atoms with Gasteiger partial charge in [0.2, 0.25) is 5.91 Å². The number of hydrogen-bond donors (Lipinski definition) is 2. The average Bonchev–Trinajstić information content (AvgIpc) is 2.67. The standard InChI is InChI=1S/C19H21ClN4O2/c20-17-3-1-2-16(12-17)19(26)22-13-18(25)24-10-8-23(9-11-24)14-15-4-6-21-7-5-15/h1-7,12H,8-11,13-14H2,(H,22,26)/p+1. The SMILES string of the molecule is O=C(NCC(=O)N1CC[NH+](Cc2ccncc2)CC1)c1cccc(Cl)c1. The Bertz CT molecular complexity index is 761. The van der Waals surface area contributed by atoms with Crippen molar-refractivity contribution in [3.63, 3.8) is 0 Å². The van der Waals surface area contributed by atoms with Crippen molar-refractivity contribution < 1.29 is 14.5 Å². The molecule has 0 radical (unpaired) electrons. The van der Waals surface area contributed by atoms with Crippen molar-refractivity contribution in [2.45, 2.75) is 6.54 Å². The summed E-state index contributed by atoms with van der Waals surface area (Å²) in [6.45, 7) is 4.15. The Labute approximate surface area is 157 Å². The van der Waals surface area contributed by atoms with Gasteiger partial charge < -0.3 is 15.1 Å². The third kappa shape index (κ3) is 5.03. The van der Waals surface area contributed by atoms with Crippen molar-refractivity contribution in [2.24, 2.45) is 0 Å². The molecule has 6 nitrogen and oxygen atoms in total. The van der Waals surface area contributed by atoms with Crippen molar-refractivity contribution in [3.05, 3.63) is 64.9 Å². The molecule has 0 atom stereocenters. The van der Waals surface area contributed by atoms with Gasteiger partial charge in [0.05, 0.1) is 32.7 Å². The molecule has 1 saturated heterocycles. The molecule has 136 valence electrons. The van der Waals surface area contributed by atoms with Crippen LogP contribution in [0.3, 0.4) is 0 Å². The fourth-order valence-corrected chi connectivity index (χ4v) is 3.23. The zero-order valence-electron chi connectivity index (χ0n) is 14.5. The van der Waals surface area contributed by atoms with Crippen LogP contribution in [0.5, 0.6) is 0 Å². The monoisotopic (exact) mass is 373 g/mol. The molecule has 2 N–H and O–H groups in total. The van der Waals surface area contributed by atoms with Gasteiger partial charge in [-0.3, -0.25) is 14.6 Å². The molecule has 0 spiro atoms. The molecule has 1 fully saturated rings. The molecule has 0 bridgehead atoms. The van der Waals surface area contributed by atoms with Gasteiger partial charge >= 0.3 is 0 Å². The van der Waals surface area contributed by atoms with E-state index in [0.717, 1.165) is 19.6 Å². The van der Waals surface area contributed by atoms with Gasteiger partial charge in [0.25, 0.3) is 5.91 Å². The van der Waals surface area contributed by atoms with Crippen molar-refractivity contribution in [3.8, 4) is 0 Å². The van der Waals surface area contributed by atoms with Crippen molar-refractivity contribution in [1.82, 2.24) is 15.2 Å². The molecular formula is C19H22ClN4O2+. The number of pyridine rings is 1.